The molecule has 1 aliphatic rings. The van der Waals surface area contributed by atoms with Gasteiger partial charge in [0.2, 0.25) is 0 Å². The largest absolute Gasteiger partial charge is 1.00 e. The third kappa shape index (κ3) is 36.7. The summed E-state index contributed by atoms with van der Waals surface area (Å²) in [6, 6.07) is 54.9. The van der Waals surface area contributed by atoms with E-state index < -0.39 is 145 Å². The molecule has 0 atom stereocenters. The molecule has 12 aromatic rings. The Morgan fingerprint density at radius 3 is 1.48 bits per heavy atom. The zero-order valence-corrected chi connectivity index (χ0v) is 91.4. The van der Waals surface area contributed by atoms with Gasteiger partial charge >= 0.3 is 258 Å². The molecule has 0 aliphatic heterocycles. The molecule has 0 fully saturated rings. The minimum absolute atomic E-state index is 0. The minimum Gasteiger partial charge on any atom is -0.744 e. The number of anilines is 3. The smallest absolute Gasteiger partial charge is 0.744 e. The second-order valence-corrected chi connectivity index (χ2v) is 34.2. The summed E-state index contributed by atoms with van der Waals surface area (Å²) in [6.45, 7) is 0. The van der Waals surface area contributed by atoms with Gasteiger partial charge in [0.05, 0.1) is 64.9 Å². The molecule has 0 saturated carbocycles. The molecule has 0 unspecified atom stereocenters. The van der Waals surface area contributed by atoms with Crippen molar-refractivity contribution in [2.75, 3.05) is 17.9 Å². The number of carbonyl (C=O) groups is 1. The van der Waals surface area contributed by atoms with Crippen molar-refractivity contribution < 1.29 is 377 Å². The van der Waals surface area contributed by atoms with Crippen LogP contribution >= 0.6 is 0 Å². The van der Waals surface area contributed by atoms with E-state index in [9.17, 15) is 111 Å². The number of phenolic OH excluding ortho intramolecular Hbond substituents is 4. The van der Waals surface area contributed by atoms with Crippen LogP contribution in [0.3, 0.4) is 0 Å². The SMILES string of the molecule is COS(=O)(=O)c1cc(N=Cc2ccccc2O)c2c(O)c[c-]cc2c1.O=C1C(=NNc2ccc(S(=O)(=O)[O-])cc2)[C-]=Cc2cc(S(=O)(=O)[O-])cc(O)c21.O=S(=O)([O-])c1cc(S(=O)(=O)[O-])c2c(N=Nc3ccc(S(=O)(=O)[O-])c4ccccc34)c(O)ccc2c1.O=S(=O)([O-])c1cccc(N=Nc2ccc(Nc3ccccc3)cc2)c1.O=S(=O)=O.O=S(=O)=O.[Na+].[Na+].[Na+].[Na+].[Na+].[Na+].[Na+].[Na+]. The molecule has 129 heavy (non-hydrogen) atoms. The van der Waals surface area contributed by atoms with Gasteiger partial charge < -0.3 is 57.9 Å². The van der Waals surface area contributed by atoms with Gasteiger partial charge in [-0.25, -0.2) is 50.5 Å². The van der Waals surface area contributed by atoms with Crippen molar-refractivity contribution in [3.63, 3.8) is 0 Å². The van der Waals surface area contributed by atoms with Gasteiger partial charge in [0.1, 0.15) is 89.4 Å². The number of Topliss-reactive ketones (excluding diaryl/α,β-unsaturated/α-hetero) is 1. The summed E-state index contributed by atoms with van der Waals surface area (Å²) in [5, 5.41) is 63.4. The van der Waals surface area contributed by atoms with E-state index in [4.69, 9.17) is 25.3 Å². The number of aromatic hydroxyl groups is 4. The fraction of sp³-hybridized carbons (Fsp3) is 0.0139. The standard InChI is InChI=1S/C20H14N2O10S3.C18H15N3O3S.C18H14NO5S.C16H11N2O8S2.8Na.2O3S/c23-16-7-5-11-9-12(33(24,25)26)10-18(35(30,31)32)19(11)20(16)22-21-15-6-8-17(34(27,28)29)14-4-2-1-3-13(14)15;22-25(23,24)18-8-4-7-17(13-18)21-20-16-11-9-15(10-12-16)19-14-5-2-1-3-6-14;1-24-25(22,23)14-9-12-6-4-8-17(21)18(12)15(10-14)19-11-13-5-2-3-7-16(13)20;19-14-8-12(28(24,25)26)7-9-1-6-13(16(20)15(9)14)18-17-10-2-4-11(5-3-10)27(21,22)23;;;;;;;;;2*1-4(2)3/h1-10,23H,(H,24,25,26)(H,27,28,29)(H,30,31,32);1-13,19H,(H,22,23,24);2-3,5-11,20-21H,1H3;1-5,7-8,17,19H,(H,21,22,23)(H,24,25,26);;;;;;;;;;/q;;2*-1;8*+1;;/p-6. The number of benzene rings is 12. The van der Waals surface area contributed by atoms with Crippen LogP contribution in [0.4, 0.5) is 45.5 Å². The molecule has 6 N–H and O–H groups in total. The average Bonchev–Trinajstić information content (AvgIpc) is 0.750. The quantitative estimate of drug-likeness (QED) is 0.00883. The molecule has 0 spiro atoms. The van der Waals surface area contributed by atoms with Crippen molar-refractivity contribution in [1.82, 2.24) is 0 Å². The van der Waals surface area contributed by atoms with E-state index in [-0.39, 0.29) is 308 Å². The number of nitrogens with one attached hydrogen (secondary N) is 2. The van der Waals surface area contributed by atoms with Gasteiger partial charge in [-0.15, -0.1) is 52.5 Å². The number of ketones is 1. The number of hydrogen-bond donors (Lipinski definition) is 6. The molecule has 0 saturated heterocycles. The number of nitrogens with zero attached hydrogens (tertiary/aromatic N) is 6. The summed E-state index contributed by atoms with van der Waals surface area (Å²) in [4.78, 5) is 12.5. The van der Waals surface area contributed by atoms with E-state index in [2.05, 4.69) is 57.6 Å². The first kappa shape index (κ1) is 124. The predicted octanol–water partition coefficient (Wildman–Crippen LogP) is -14.6. The Labute approximate surface area is 915 Å². The second-order valence-electron chi connectivity index (χ2n) is 23.5. The molecule has 1 aliphatic carbocycles. The Morgan fingerprint density at radius 1 is 0.403 bits per heavy atom. The molecule has 0 aromatic heterocycles. The van der Waals surface area contributed by atoms with E-state index in [1.807, 2.05) is 42.5 Å². The van der Waals surface area contributed by atoms with Crippen LogP contribution in [0.1, 0.15) is 21.5 Å². The Balaban J connectivity index is 0.00000162. The van der Waals surface area contributed by atoms with Crippen LogP contribution in [-0.4, -0.2) is 157 Å². The number of azo groups is 2. The number of rotatable bonds is 18. The van der Waals surface area contributed by atoms with Crippen molar-refractivity contribution >= 4 is 194 Å². The van der Waals surface area contributed by atoms with Gasteiger partial charge in [0.15, 0.2) is 0 Å². The monoisotopic (exact) mass is 2010 g/mol. The zero-order chi connectivity index (χ0) is 89.3. The summed E-state index contributed by atoms with van der Waals surface area (Å²) in [7, 11) is -38.3. The minimum atomic E-state index is -5.36. The fourth-order valence-corrected chi connectivity index (χ4v) is 14.6. The fourth-order valence-electron chi connectivity index (χ4n) is 10.3. The van der Waals surface area contributed by atoms with Crippen LogP contribution in [0.15, 0.2) is 289 Å². The summed E-state index contributed by atoms with van der Waals surface area (Å²) in [5.74, 6) is -2.16. The molecule has 12 aromatic carbocycles. The first-order valence-electron chi connectivity index (χ1n) is 32.2. The van der Waals surface area contributed by atoms with Crippen LogP contribution in [-0.2, 0) is 96.2 Å². The van der Waals surface area contributed by atoms with Crippen LogP contribution in [0.5, 0.6) is 23.0 Å². The van der Waals surface area contributed by atoms with Gasteiger partial charge in [-0.3, -0.25) is 14.6 Å². The maximum atomic E-state index is 12.4. The Bertz CT molecular complexity index is 7350. The molecule has 57 heteroatoms. The first-order chi connectivity index (χ1) is 56.5. The van der Waals surface area contributed by atoms with Crippen LogP contribution in [0, 0.1) is 12.1 Å². The van der Waals surface area contributed by atoms with Crippen molar-refractivity contribution in [3.8, 4) is 23.0 Å². The number of phenols is 4. The average molecular weight is 2010 g/mol. The van der Waals surface area contributed by atoms with Crippen molar-refractivity contribution in [2.45, 2.75) is 34.3 Å². The number of allylic oxidation sites excluding steroid dienone is 1. The third-order valence-corrected chi connectivity index (χ3v) is 21.9. The summed E-state index contributed by atoms with van der Waals surface area (Å²) < 4.78 is 283. The molecular weight excluding hydrogens is 1960 g/mol. The molecule has 0 radical (unpaired) electrons. The summed E-state index contributed by atoms with van der Waals surface area (Å²) in [6.07, 6.45) is 5.07. The van der Waals surface area contributed by atoms with Crippen molar-refractivity contribution in [3.05, 3.63) is 253 Å². The number of para-hydroxylation sites is 2. The van der Waals surface area contributed by atoms with Crippen molar-refractivity contribution in [2.24, 2.45) is 30.6 Å². The van der Waals surface area contributed by atoms with E-state index in [0.29, 0.717) is 39.8 Å². The molecule has 0 bridgehead atoms. The maximum Gasteiger partial charge on any atom is 1.00 e. The first-order valence-corrected chi connectivity index (χ1v) is 44.1. The Hall–Kier alpha value is -5.22. The number of carbonyl (C=O) groups excluding carboxylic acids is 1. The Morgan fingerprint density at radius 2 is 0.922 bits per heavy atom. The zero-order valence-electron chi connectivity index (χ0n) is 68.1. The van der Waals surface area contributed by atoms with Gasteiger partial charge in [0, 0.05) is 55.7 Å². The molecule has 40 nitrogen and oxygen atoms in total. The normalized spacial score (nSPS) is 11.9. The molecule has 13 rings (SSSR count). The molecular formula is C72H48N8Na8O32S9. The van der Waals surface area contributed by atoms with Crippen LogP contribution < -0.4 is 247 Å². The van der Waals surface area contributed by atoms with Gasteiger partial charge in [-0.05, 0) is 144 Å². The van der Waals surface area contributed by atoms with Crippen LogP contribution in [0.2, 0.25) is 0 Å². The van der Waals surface area contributed by atoms with Crippen LogP contribution in [0.25, 0.3) is 38.4 Å². The third-order valence-electron chi connectivity index (χ3n) is 15.6. The molecule has 630 valence electrons. The molecule has 0 amide bonds. The number of fused-ring (bicyclic) bond motifs is 4. The van der Waals surface area contributed by atoms with E-state index in [1.165, 1.54) is 91.2 Å². The Kier molecular flexibility index (Phi) is 52.3. The van der Waals surface area contributed by atoms with E-state index in [0.717, 1.165) is 67.0 Å². The topological polar surface area (TPSA) is 685 Å². The molecule has 0 heterocycles. The number of hydrazone groups is 1. The maximum absolute atomic E-state index is 12.4. The van der Waals surface area contributed by atoms with E-state index in [1.54, 1.807) is 42.5 Å². The van der Waals surface area contributed by atoms with Gasteiger partial charge in [-0.2, -0.15) is 48.0 Å². The summed E-state index contributed by atoms with van der Waals surface area (Å²) in [5.41, 5.74) is 5.17. The predicted molar refractivity (Wildman–Crippen MR) is 419 cm³/mol. The number of aliphatic imine (C=N–C) groups is 1. The van der Waals surface area contributed by atoms with Gasteiger partial charge in [0.25, 0.3) is 10.1 Å². The second kappa shape index (κ2) is 54.5. The van der Waals surface area contributed by atoms with Gasteiger partial charge in [-0.1, -0.05) is 84.2 Å². The van der Waals surface area contributed by atoms with Crippen molar-refractivity contribution in [1.29, 1.82) is 0 Å². The summed E-state index contributed by atoms with van der Waals surface area (Å²) >= 11 is 0. The number of hydrogen-bond acceptors (Lipinski definition) is 40. The van der Waals surface area contributed by atoms with E-state index >= 15 is 0 Å².